The number of thiophene rings is 1. The first-order valence-electron chi connectivity index (χ1n) is 12.2. The highest BCUT2D eigenvalue weighted by molar-refractivity contribution is 7.99. The molecule has 0 bridgehead atoms. The van der Waals surface area contributed by atoms with Gasteiger partial charge in [-0.15, -0.1) is 28.1 Å². The minimum Gasteiger partial charge on any atom is -0.481 e. The highest BCUT2D eigenvalue weighted by Crippen LogP contribution is 2.35. The number of rotatable bonds is 13. The minimum absolute atomic E-state index is 0.0570. The predicted molar refractivity (Wildman–Crippen MR) is 156 cm³/mol. The summed E-state index contributed by atoms with van der Waals surface area (Å²) in [6.45, 7) is 11.2. The molecule has 14 heteroatoms. The van der Waals surface area contributed by atoms with Crippen molar-refractivity contribution in [2.45, 2.75) is 45.5 Å². The SMILES string of the molecule is C=CCn1c(SCC(=O)Nc2sc(C(=O)OCC)c(C)c2C(=O)OCC)nnc1C(C)Oc1cc(Cl)ccc1Cl. The molecule has 3 rings (SSSR count). The van der Waals surface area contributed by atoms with E-state index >= 15 is 0 Å². The Morgan fingerprint density at radius 1 is 1.18 bits per heavy atom. The van der Waals surface area contributed by atoms with Crippen LogP contribution in [0.3, 0.4) is 0 Å². The normalized spacial score (nSPS) is 11.6. The Morgan fingerprint density at radius 2 is 1.88 bits per heavy atom. The first-order chi connectivity index (χ1) is 19.1. The van der Waals surface area contributed by atoms with Crippen LogP contribution in [0.1, 0.15) is 58.3 Å². The molecular weight excluding hydrogens is 599 g/mol. The minimum atomic E-state index is -0.640. The number of thioether (sulfide) groups is 1. The zero-order chi connectivity index (χ0) is 29.4. The lowest BCUT2D eigenvalue weighted by Crippen LogP contribution is -2.17. The van der Waals surface area contributed by atoms with Crippen molar-refractivity contribution in [2.75, 3.05) is 24.3 Å². The van der Waals surface area contributed by atoms with E-state index in [1.54, 1.807) is 56.5 Å². The fourth-order valence-electron chi connectivity index (χ4n) is 3.55. The third-order valence-corrected chi connectivity index (χ3v) is 7.99. The lowest BCUT2D eigenvalue weighted by atomic mass is 10.1. The topological polar surface area (TPSA) is 122 Å². The fraction of sp³-hybridized carbons (Fsp3) is 0.346. The number of nitrogens with one attached hydrogen (secondary N) is 1. The largest absolute Gasteiger partial charge is 0.481 e. The Hall–Kier alpha value is -3.06. The monoisotopic (exact) mass is 626 g/mol. The predicted octanol–water partition coefficient (Wildman–Crippen LogP) is 6.37. The second kappa shape index (κ2) is 14.5. The molecule has 0 fully saturated rings. The number of hydrogen-bond donors (Lipinski definition) is 1. The fourth-order valence-corrected chi connectivity index (χ4v) is 5.74. The van der Waals surface area contributed by atoms with Crippen LogP contribution in [0, 0.1) is 6.92 Å². The Labute approximate surface area is 250 Å². The number of anilines is 1. The van der Waals surface area contributed by atoms with Gasteiger partial charge in [0.1, 0.15) is 15.6 Å². The summed E-state index contributed by atoms with van der Waals surface area (Å²) in [7, 11) is 0. The number of nitrogens with zero attached hydrogens (tertiary/aromatic N) is 3. The average molecular weight is 628 g/mol. The van der Waals surface area contributed by atoms with E-state index in [2.05, 4.69) is 22.1 Å². The van der Waals surface area contributed by atoms with Crippen molar-refractivity contribution >= 4 is 69.1 Å². The van der Waals surface area contributed by atoms with Gasteiger partial charge in [-0.1, -0.05) is 41.0 Å². The summed E-state index contributed by atoms with van der Waals surface area (Å²) in [5, 5.41) is 12.7. The molecular formula is C26H28Cl2N4O6S2. The van der Waals surface area contributed by atoms with Gasteiger partial charge in [-0.3, -0.25) is 9.36 Å². The number of esters is 2. The van der Waals surface area contributed by atoms with Gasteiger partial charge in [-0.2, -0.15) is 0 Å². The van der Waals surface area contributed by atoms with E-state index in [-0.39, 0.29) is 34.4 Å². The molecule has 10 nitrogen and oxygen atoms in total. The van der Waals surface area contributed by atoms with E-state index in [4.69, 9.17) is 37.4 Å². The summed E-state index contributed by atoms with van der Waals surface area (Å²) < 4.78 is 18.0. The van der Waals surface area contributed by atoms with Gasteiger partial charge in [-0.25, -0.2) is 9.59 Å². The zero-order valence-corrected chi connectivity index (χ0v) is 25.4. The summed E-state index contributed by atoms with van der Waals surface area (Å²) in [4.78, 5) is 38.1. The summed E-state index contributed by atoms with van der Waals surface area (Å²) in [5.74, 6) is -0.800. The molecule has 1 unspecified atom stereocenters. The smallest absolute Gasteiger partial charge is 0.348 e. The van der Waals surface area contributed by atoms with Gasteiger partial charge in [0, 0.05) is 17.6 Å². The molecule has 2 heterocycles. The number of carbonyl (C=O) groups excluding carboxylic acids is 3. The van der Waals surface area contributed by atoms with Crippen molar-refractivity contribution < 1.29 is 28.6 Å². The lowest BCUT2D eigenvalue weighted by Gasteiger charge is -2.16. The lowest BCUT2D eigenvalue weighted by molar-refractivity contribution is -0.113. The third kappa shape index (κ3) is 7.57. The molecule has 1 atom stereocenters. The molecule has 1 aromatic carbocycles. The van der Waals surface area contributed by atoms with Gasteiger partial charge in [-0.05, 0) is 45.4 Å². The molecule has 0 saturated heterocycles. The van der Waals surface area contributed by atoms with Gasteiger partial charge in [0.25, 0.3) is 0 Å². The molecule has 0 aliphatic carbocycles. The van der Waals surface area contributed by atoms with Gasteiger partial charge in [0.15, 0.2) is 17.1 Å². The molecule has 0 spiro atoms. The van der Waals surface area contributed by atoms with E-state index in [0.717, 1.165) is 23.1 Å². The molecule has 0 radical (unpaired) electrons. The number of hydrogen-bond acceptors (Lipinski definition) is 10. The van der Waals surface area contributed by atoms with Crippen LogP contribution in [-0.2, 0) is 20.8 Å². The Morgan fingerprint density at radius 3 is 2.55 bits per heavy atom. The second-order valence-electron chi connectivity index (χ2n) is 8.11. The number of aromatic nitrogens is 3. The Kier molecular flexibility index (Phi) is 11.4. The van der Waals surface area contributed by atoms with E-state index in [1.807, 2.05) is 0 Å². The maximum absolute atomic E-state index is 12.9. The number of ether oxygens (including phenoxy) is 3. The number of amides is 1. The second-order valence-corrected chi connectivity index (χ2v) is 10.9. The Bertz CT molecular complexity index is 1410. The quantitative estimate of drug-likeness (QED) is 0.131. The number of halogens is 2. The van der Waals surface area contributed by atoms with Crippen molar-refractivity contribution in [1.82, 2.24) is 14.8 Å². The average Bonchev–Trinajstić information content (AvgIpc) is 3.45. The maximum Gasteiger partial charge on any atom is 0.348 e. The van der Waals surface area contributed by atoms with Crippen LogP contribution in [0.2, 0.25) is 10.0 Å². The molecule has 1 amide bonds. The summed E-state index contributed by atoms with van der Waals surface area (Å²) in [6.07, 6.45) is 1.13. The van der Waals surface area contributed by atoms with Gasteiger partial charge >= 0.3 is 11.9 Å². The van der Waals surface area contributed by atoms with Crippen molar-refractivity contribution in [3.05, 3.63) is 62.7 Å². The molecule has 2 aromatic heterocycles. The molecule has 3 aromatic rings. The molecule has 0 aliphatic heterocycles. The van der Waals surface area contributed by atoms with E-state index < -0.39 is 23.9 Å². The van der Waals surface area contributed by atoms with Crippen LogP contribution < -0.4 is 10.1 Å². The van der Waals surface area contributed by atoms with Crippen molar-refractivity contribution in [1.29, 1.82) is 0 Å². The highest BCUT2D eigenvalue weighted by atomic mass is 35.5. The maximum atomic E-state index is 12.9. The molecule has 0 aliphatic rings. The van der Waals surface area contributed by atoms with Crippen LogP contribution in [0.25, 0.3) is 0 Å². The summed E-state index contributed by atoms with van der Waals surface area (Å²) >= 11 is 14.4. The number of benzene rings is 1. The number of carbonyl (C=O) groups is 3. The Balaban J connectivity index is 1.77. The standard InChI is InChI=1S/C26H28Cl2N4O6S2/c1-6-11-32-22(15(5)38-18-12-16(27)9-10-17(18)28)30-31-26(32)39-13-19(33)29-23-20(24(34)36-7-2)14(4)21(40-23)25(35)37-8-3/h6,9-10,12,15H,1,7-8,11,13H2,2-5H3,(H,29,33). The zero-order valence-electron chi connectivity index (χ0n) is 22.3. The van der Waals surface area contributed by atoms with Crippen molar-refractivity contribution in [3.8, 4) is 5.75 Å². The number of allylic oxidation sites excluding steroid dienone is 1. The van der Waals surface area contributed by atoms with Crippen LogP contribution in [0.15, 0.2) is 36.0 Å². The van der Waals surface area contributed by atoms with Crippen LogP contribution in [-0.4, -0.2) is 51.6 Å². The van der Waals surface area contributed by atoms with Crippen LogP contribution in [0.5, 0.6) is 5.75 Å². The molecule has 1 N–H and O–H groups in total. The third-order valence-electron chi connectivity index (χ3n) is 5.29. The van der Waals surface area contributed by atoms with E-state index in [9.17, 15) is 14.4 Å². The van der Waals surface area contributed by atoms with Crippen LogP contribution >= 0.6 is 46.3 Å². The van der Waals surface area contributed by atoms with E-state index in [0.29, 0.717) is 38.9 Å². The van der Waals surface area contributed by atoms with Crippen LogP contribution in [0.4, 0.5) is 5.00 Å². The van der Waals surface area contributed by atoms with E-state index in [1.165, 1.54) is 0 Å². The first kappa shape index (κ1) is 31.5. The van der Waals surface area contributed by atoms with Gasteiger partial charge in [0.05, 0.1) is 29.6 Å². The summed E-state index contributed by atoms with van der Waals surface area (Å²) in [5.41, 5.74) is 0.505. The molecule has 214 valence electrons. The first-order valence-corrected chi connectivity index (χ1v) is 14.7. The van der Waals surface area contributed by atoms with Gasteiger partial charge < -0.3 is 19.5 Å². The molecule has 0 saturated carbocycles. The van der Waals surface area contributed by atoms with Gasteiger partial charge in [0.2, 0.25) is 5.91 Å². The molecule has 40 heavy (non-hydrogen) atoms. The highest BCUT2D eigenvalue weighted by Gasteiger charge is 2.28. The summed E-state index contributed by atoms with van der Waals surface area (Å²) in [6, 6.07) is 4.91. The van der Waals surface area contributed by atoms with Crippen molar-refractivity contribution in [3.63, 3.8) is 0 Å². The van der Waals surface area contributed by atoms with Crippen molar-refractivity contribution in [2.24, 2.45) is 0 Å².